The normalized spacial score (nSPS) is 13.8. The number of rotatable bonds is 10. The zero-order valence-electron chi connectivity index (χ0n) is 13.5. The molecule has 0 unspecified atom stereocenters. The summed E-state index contributed by atoms with van der Waals surface area (Å²) in [6.45, 7) is 8.05. The van der Waals surface area contributed by atoms with Gasteiger partial charge in [0.05, 0.1) is 6.61 Å². The van der Waals surface area contributed by atoms with Gasteiger partial charge >= 0.3 is 0 Å². The first-order valence-corrected chi connectivity index (χ1v) is 7.53. The summed E-state index contributed by atoms with van der Waals surface area (Å²) in [6.07, 6.45) is 12.3. The lowest BCUT2D eigenvalue weighted by Crippen LogP contribution is -1.87. The Hall–Kier alpha value is -1.15. The van der Waals surface area contributed by atoms with Crippen molar-refractivity contribution in [2.75, 3.05) is 6.61 Å². The maximum atomic E-state index is 10.8. The predicted molar refractivity (Wildman–Crippen MR) is 86.7 cm³/mol. The van der Waals surface area contributed by atoms with Gasteiger partial charge in [0.2, 0.25) is 0 Å². The van der Waals surface area contributed by atoms with Crippen LogP contribution in [0.1, 0.15) is 66.2 Å². The van der Waals surface area contributed by atoms with E-state index in [2.05, 4.69) is 32.1 Å². The molecule has 0 aromatic carbocycles. The fourth-order valence-corrected chi connectivity index (χ4v) is 1.88. The molecule has 0 radical (unpaired) electrons. The number of hydrogen-bond donors (Lipinski definition) is 1. The Bertz CT molecular complexity index is 373. The molecule has 0 aromatic heterocycles. The molecule has 0 aliphatic carbocycles. The summed E-state index contributed by atoms with van der Waals surface area (Å²) in [5.41, 5.74) is 3.82. The molecule has 0 bridgehead atoms. The molecule has 0 aromatic rings. The van der Waals surface area contributed by atoms with Gasteiger partial charge in [0.25, 0.3) is 0 Å². The van der Waals surface area contributed by atoms with E-state index in [1.54, 1.807) is 6.92 Å². The van der Waals surface area contributed by atoms with Crippen LogP contribution in [0.2, 0.25) is 0 Å². The van der Waals surface area contributed by atoms with Crippen LogP contribution in [0, 0.1) is 0 Å². The molecule has 0 aliphatic rings. The molecule has 20 heavy (non-hydrogen) atoms. The van der Waals surface area contributed by atoms with Gasteiger partial charge in [-0.05, 0) is 59.8 Å². The van der Waals surface area contributed by atoms with Crippen molar-refractivity contribution in [1.29, 1.82) is 0 Å². The second-order valence-corrected chi connectivity index (χ2v) is 5.63. The van der Waals surface area contributed by atoms with Crippen LogP contribution in [-0.2, 0) is 4.79 Å². The van der Waals surface area contributed by atoms with Crippen LogP contribution in [0.25, 0.3) is 0 Å². The largest absolute Gasteiger partial charge is 0.392 e. The fourth-order valence-electron chi connectivity index (χ4n) is 1.88. The number of ketones is 1. The van der Waals surface area contributed by atoms with E-state index < -0.39 is 0 Å². The summed E-state index contributed by atoms with van der Waals surface area (Å²) in [5, 5.41) is 8.90. The van der Waals surface area contributed by atoms with E-state index in [-0.39, 0.29) is 12.4 Å². The van der Waals surface area contributed by atoms with E-state index in [4.69, 9.17) is 5.11 Å². The lowest BCUT2D eigenvalue weighted by Gasteiger charge is -2.01. The molecule has 0 atom stereocenters. The highest BCUT2D eigenvalue weighted by Crippen LogP contribution is 2.12. The number of Topliss-reactive ketones (excluding diaryl/α,β-unsaturated/α-hetero) is 1. The summed E-state index contributed by atoms with van der Waals surface area (Å²) in [7, 11) is 0. The third-order valence-corrected chi connectivity index (χ3v) is 3.30. The van der Waals surface area contributed by atoms with Gasteiger partial charge in [0.15, 0.2) is 0 Å². The SMILES string of the molecule is CC(=O)CC/C=C(\C)CC/C=C(/C)CCC=C(C)CO. The van der Waals surface area contributed by atoms with Gasteiger partial charge in [0, 0.05) is 6.42 Å². The van der Waals surface area contributed by atoms with Gasteiger partial charge in [0.1, 0.15) is 5.78 Å². The number of aliphatic hydroxyl groups is 1. The van der Waals surface area contributed by atoms with E-state index >= 15 is 0 Å². The van der Waals surface area contributed by atoms with Gasteiger partial charge < -0.3 is 9.90 Å². The number of hydrogen-bond acceptors (Lipinski definition) is 2. The van der Waals surface area contributed by atoms with E-state index in [1.165, 1.54) is 11.1 Å². The minimum atomic E-state index is 0.160. The minimum Gasteiger partial charge on any atom is -0.392 e. The topological polar surface area (TPSA) is 37.3 Å². The standard InChI is InChI=1S/C18H30O2/c1-15(10-6-12-17(3)14-19)8-5-9-16(2)11-7-13-18(4)20/h8,11-12,19H,5-7,9-10,13-14H2,1-4H3/b15-8-,16-11+,17-12?. The number of allylic oxidation sites excluding steroid dienone is 5. The molecule has 1 N–H and O–H groups in total. The summed E-state index contributed by atoms with van der Waals surface area (Å²) in [6, 6.07) is 0. The van der Waals surface area contributed by atoms with Gasteiger partial charge in [-0.25, -0.2) is 0 Å². The maximum absolute atomic E-state index is 10.8. The first-order chi connectivity index (χ1) is 9.45. The Morgan fingerprint density at radius 2 is 1.15 bits per heavy atom. The molecule has 114 valence electrons. The van der Waals surface area contributed by atoms with Crippen LogP contribution in [0.4, 0.5) is 0 Å². The maximum Gasteiger partial charge on any atom is 0.130 e. The lowest BCUT2D eigenvalue weighted by atomic mass is 10.1. The number of carbonyl (C=O) groups is 1. The fraction of sp³-hybridized carbons (Fsp3) is 0.611. The molecule has 0 aliphatic heterocycles. The van der Waals surface area contributed by atoms with Crippen LogP contribution in [-0.4, -0.2) is 17.5 Å². The smallest absolute Gasteiger partial charge is 0.130 e. The van der Waals surface area contributed by atoms with E-state index in [0.29, 0.717) is 6.42 Å². The molecule has 0 fully saturated rings. The minimum absolute atomic E-state index is 0.160. The second-order valence-electron chi connectivity index (χ2n) is 5.63. The average molecular weight is 278 g/mol. The lowest BCUT2D eigenvalue weighted by molar-refractivity contribution is -0.116. The second kappa shape index (κ2) is 11.7. The van der Waals surface area contributed by atoms with Crippen molar-refractivity contribution in [2.45, 2.75) is 66.2 Å². The van der Waals surface area contributed by atoms with Crippen LogP contribution in [0.15, 0.2) is 34.9 Å². The van der Waals surface area contributed by atoms with Crippen LogP contribution < -0.4 is 0 Å². The Morgan fingerprint density at radius 1 is 0.750 bits per heavy atom. The molecule has 0 saturated carbocycles. The molecule has 0 heterocycles. The van der Waals surface area contributed by atoms with Crippen molar-refractivity contribution < 1.29 is 9.90 Å². The zero-order chi connectivity index (χ0) is 15.4. The van der Waals surface area contributed by atoms with Gasteiger partial charge in [-0.1, -0.05) is 34.9 Å². The van der Waals surface area contributed by atoms with Crippen molar-refractivity contribution in [3.8, 4) is 0 Å². The molecule has 0 spiro atoms. The van der Waals surface area contributed by atoms with Crippen molar-refractivity contribution in [3.63, 3.8) is 0 Å². The van der Waals surface area contributed by atoms with Crippen molar-refractivity contribution >= 4 is 5.78 Å². The predicted octanol–water partition coefficient (Wildman–Crippen LogP) is 4.75. The van der Waals surface area contributed by atoms with E-state index in [1.807, 2.05) is 6.92 Å². The highest BCUT2D eigenvalue weighted by Gasteiger charge is 1.94. The van der Waals surface area contributed by atoms with Crippen LogP contribution in [0.3, 0.4) is 0 Å². The molecule has 2 heteroatoms. The number of aliphatic hydroxyl groups excluding tert-OH is 1. The number of carbonyl (C=O) groups excluding carboxylic acids is 1. The van der Waals surface area contributed by atoms with Gasteiger partial charge in [-0.3, -0.25) is 0 Å². The third-order valence-electron chi connectivity index (χ3n) is 3.30. The first-order valence-electron chi connectivity index (χ1n) is 7.53. The Kier molecular flexibility index (Phi) is 11.0. The molecule has 0 amide bonds. The third kappa shape index (κ3) is 11.9. The first kappa shape index (κ1) is 18.9. The molecule has 2 nitrogen and oxygen atoms in total. The van der Waals surface area contributed by atoms with Gasteiger partial charge in [-0.2, -0.15) is 0 Å². The van der Waals surface area contributed by atoms with Crippen molar-refractivity contribution in [1.82, 2.24) is 0 Å². The Labute approximate surface area is 124 Å². The Morgan fingerprint density at radius 3 is 1.55 bits per heavy atom. The summed E-state index contributed by atoms with van der Waals surface area (Å²) in [4.78, 5) is 10.8. The van der Waals surface area contributed by atoms with Crippen LogP contribution >= 0.6 is 0 Å². The molecular weight excluding hydrogens is 248 g/mol. The summed E-state index contributed by atoms with van der Waals surface area (Å²) in [5.74, 6) is 0.260. The molecule has 0 saturated heterocycles. The highest BCUT2D eigenvalue weighted by molar-refractivity contribution is 5.75. The average Bonchev–Trinajstić information content (AvgIpc) is 2.38. The van der Waals surface area contributed by atoms with E-state index in [0.717, 1.165) is 37.7 Å². The van der Waals surface area contributed by atoms with Crippen molar-refractivity contribution in [2.24, 2.45) is 0 Å². The Balaban J connectivity index is 3.89. The quantitative estimate of drug-likeness (QED) is 0.586. The van der Waals surface area contributed by atoms with Crippen LogP contribution in [0.5, 0.6) is 0 Å². The molecule has 0 rings (SSSR count). The summed E-state index contributed by atoms with van der Waals surface area (Å²) >= 11 is 0. The zero-order valence-corrected chi connectivity index (χ0v) is 13.5. The van der Waals surface area contributed by atoms with E-state index in [9.17, 15) is 4.79 Å². The summed E-state index contributed by atoms with van der Waals surface area (Å²) < 4.78 is 0. The monoisotopic (exact) mass is 278 g/mol. The van der Waals surface area contributed by atoms with Crippen molar-refractivity contribution in [3.05, 3.63) is 34.9 Å². The highest BCUT2D eigenvalue weighted by atomic mass is 16.3. The molecular formula is C18H30O2. The van der Waals surface area contributed by atoms with Gasteiger partial charge in [-0.15, -0.1) is 0 Å².